The van der Waals surface area contributed by atoms with Crippen molar-refractivity contribution in [3.63, 3.8) is 0 Å². The van der Waals surface area contributed by atoms with E-state index in [-0.39, 0.29) is 27.9 Å². The van der Waals surface area contributed by atoms with Crippen LogP contribution in [0.4, 0.5) is 0 Å². The van der Waals surface area contributed by atoms with Crippen LogP contribution in [0.5, 0.6) is 0 Å². The minimum atomic E-state index is -3.83. The first-order valence-electron chi connectivity index (χ1n) is 8.37. The Morgan fingerprint density at radius 1 is 1.22 bits per heavy atom. The van der Waals surface area contributed by atoms with Gasteiger partial charge in [-0.3, -0.25) is 4.79 Å². The first-order valence-corrected chi connectivity index (χ1v) is 10.2. The monoisotopic (exact) mass is 406 g/mol. The number of nitrogens with one attached hydrogen (secondary N) is 1. The van der Waals surface area contributed by atoms with Gasteiger partial charge in [0.1, 0.15) is 4.90 Å². The maximum atomic E-state index is 12.8. The van der Waals surface area contributed by atoms with Crippen molar-refractivity contribution in [1.82, 2.24) is 9.62 Å². The maximum Gasteiger partial charge on any atom is 0.253 e. The van der Waals surface area contributed by atoms with Gasteiger partial charge in [-0.1, -0.05) is 41.4 Å². The van der Waals surface area contributed by atoms with Crippen LogP contribution in [-0.4, -0.2) is 32.8 Å². The summed E-state index contributed by atoms with van der Waals surface area (Å²) in [4.78, 5) is 14.2. The SMILES string of the molecule is C=CCNS(=O)(=O)c1cc(C(=O)N(C)Cc2ccc(C)cc2C)ccc1Cl. The van der Waals surface area contributed by atoms with Gasteiger partial charge in [0.15, 0.2) is 0 Å². The molecule has 2 aromatic rings. The van der Waals surface area contributed by atoms with E-state index < -0.39 is 10.0 Å². The summed E-state index contributed by atoms with van der Waals surface area (Å²) in [7, 11) is -2.15. The third-order valence-corrected chi connectivity index (χ3v) is 6.04. The fraction of sp³-hybridized carbons (Fsp3) is 0.250. The minimum absolute atomic E-state index is 0.0557. The molecule has 0 bridgehead atoms. The molecule has 1 N–H and O–H groups in total. The third kappa shape index (κ3) is 5.19. The fourth-order valence-corrected chi connectivity index (χ4v) is 4.18. The van der Waals surface area contributed by atoms with E-state index in [9.17, 15) is 13.2 Å². The Bertz CT molecular complexity index is 971. The Morgan fingerprint density at radius 2 is 1.93 bits per heavy atom. The molecule has 1 amide bonds. The second-order valence-electron chi connectivity index (χ2n) is 6.38. The molecule has 0 fully saturated rings. The maximum absolute atomic E-state index is 12.8. The van der Waals surface area contributed by atoms with Crippen molar-refractivity contribution in [3.8, 4) is 0 Å². The smallest absolute Gasteiger partial charge is 0.253 e. The summed E-state index contributed by atoms with van der Waals surface area (Å²) in [5.74, 6) is -0.285. The molecule has 0 saturated heterocycles. The molecule has 144 valence electrons. The van der Waals surface area contributed by atoms with Gasteiger partial charge in [0.2, 0.25) is 10.0 Å². The van der Waals surface area contributed by atoms with Crippen LogP contribution in [0.15, 0.2) is 53.9 Å². The molecule has 27 heavy (non-hydrogen) atoms. The molecule has 0 atom stereocenters. The molecule has 0 aromatic heterocycles. The van der Waals surface area contributed by atoms with E-state index in [2.05, 4.69) is 17.4 Å². The van der Waals surface area contributed by atoms with E-state index in [0.717, 1.165) is 16.7 Å². The molecule has 0 aliphatic rings. The highest BCUT2D eigenvalue weighted by Gasteiger charge is 2.21. The summed E-state index contributed by atoms with van der Waals surface area (Å²) in [6.07, 6.45) is 1.43. The van der Waals surface area contributed by atoms with Gasteiger partial charge in [-0.25, -0.2) is 13.1 Å². The molecule has 0 heterocycles. The highest BCUT2D eigenvalue weighted by atomic mass is 35.5. The third-order valence-electron chi connectivity index (χ3n) is 4.14. The molecular formula is C20H23ClN2O3S. The normalized spacial score (nSPS) is 11.3. The Morgan fingerprint density at radius 3 is 2.56 bits per heavy atom. The topological polar surface area (TPSA) is 66.5 Å². The number of carbonyl (C=O) groups is 1. The van der Waals surface area contributed by atoms with Crippen molar-refractivity contribution in [2.45, 2.75) is 25.3 Å². The number of amides is 1. The average molecular weight is 407 g/mol. The zero-order valence-electron chi connectivity index (χ0n) is 15.6. The largest absolute Gasteiger partial charge is 0.337 e. The van der Waals surface area contributed by atoms with Crippen molar-refractivity contribution >= 4 is 27.5 Å². The summed E-state index contributed by atoms with van der Waals surface area (Å²) in [5, 5.41) is 0.0557. The lowest BCUT2D eigenvalue weighted by Gasteiger charge is -2.19. The van der Waals surface area contributed by atoms with Gasteiger partial charge < -0.3 is 4.90 Å². The Balaban J connectivity index is 2.28. The van der Waals surface area contributed by atoms with E-state index in [1.807, 2.05) is 26.0 Å². The molecule has 7 heteroatoms. The van der Waals surface area contributed by atoms with Gasteiger partial charge in [0.25, 0.3) is 5.91 Å². The highest BCUT2D eigenvalue weighted by Crippen LogP contribution is 2.23. The number of carbonyl (C=O) groups excluding carboxylic acids is 1. The molecule has 0 spiro atoms. The number of benzene rings is 2. The van der Waals surface area contributed by atoms with Crippen LogP contribution >= 0.6 is 11.6 Å². The van der Waals surface area contributed by atoms with E-state index in [1.165, 1.54) is 24.3 Å². The second kappa shape index (κ2) is 8.69. The Kier molecular flexibility index (Phi) is 6.81. The second-order valence-corrected chi connectivity index (χ2v) is 8.52. The van der Waals surface area contributed by atoms with Crippen molar-refractivity contribution in [2.24, 2.45) is 0 Å². The first-order chi connectivity index (χ1) is 12.7. The molecule has 0 radical (unpaired) electrons. The Hall–Kier alpha value is -2.15. The lowest BCUT2D eigenvalue weighted by atomic mass is 10.1. The zero-order valence-corrected chi connectivity index (χ0v) is 17.2. The minimum Gasteiger partial charge on any atom is -0.337 e. The summed E-state index contributed by atoms with van der Waals surface area (Å²) in [6.45, 7) is 7.99. The quantitative estimate of drug-likeness (QED) is 0.713. The lowest BCUT2D eigenvalue weighted by Crippen LogP contribution is -2.28. The van der Waals surface area contributed by atoms with E-state index in [0.29, 0.717) is 6.54 Å². The number of hydrogen-bond donors (Lipinski definition) is 1. The van der Waals surface area contributed by atoms with Gasteiger partial charge in [-0.2, -0.15) is 0 Å². The summed E-state index contributed by atoms with van der Waals surface area (Å²) in [6, 6.07) is 10.3. The van der Waals surface area contributed by atoms with Gasteiger partial charge in [0, 0.05) is 25.7 Å². The first kappa shape index (κ1) is 21.2. The molecule has 0 saturated carbocycles. The molecule has 2 rings (SSSR count). The average Bonchev–Trinajstić information content (AvgIpc) is 2.62. The Labute approximate surface area is 165 Å². The van der Waals surface area contributed by atoms with E-state index in [4.69, 9.17) is 11.6 Å². The van der Waals surface area contributed by atoms with Crippen molar-refractivity contribution in [1.29, 1.82) is 0 Å². The molecule has 0 aliphatic heterocycles. The zero-order chi connectivity index (χ0) is 20.2. The van der Waals surface area contributed by atoms with Crippen LogP contribution < -0.4 is 4.72 Å². The lowest BCUT2D eigenvalue weighted by molar-refractivity contribution is 0.0784. The number of rotatable bonds is 7. The van der Waals surface area contributed by atoms with Crippen molar-refractivity contribution < 1.29 is 13.2 Å². The van der Waals surface area contributed by atoms with Crippen molar-refractivity contribution in [3.05, 3.63) is 76.3 Å². The van der Waals surface area contributed by atoms with Crippen LogP contribution in [0.2, 0.25) is 5.02 Å². The molecular weight excluding hydrogens is 384 g/mol. The standard InChI is InChI=1S/C20H23ClN2O3S/c1-5-10-22-27(25,26)19-12-16(8-9-18(19)21)20(24)23(4)13-17-7-6-14(2)11-15(17)3/h5-9,11-12,22H,1,10,13H2,2-4H3. The van der Waals surface area contributed by atoms with Crippen LogP contribution in [-0.2, 0) is 16.6 Å². The number of nitrogens with zero attached hydrogens (tertiary/aromatic N) is 1. The molecule has 0 aliphatic carbocycles. The predicted molar refractivity (Wildman–Crippen MR) is 109 cm³/mol. The van der Waals surface area contributed by atoms with E-state index >= 15 is 0 Å². The van der Waals surface area contributed by atoms with E-state index in [1.54, 1.807) is 11.9 Å². The van der Waals surface area contributed by atoms with Crippen LogP contribution in [0.25, 0.3) is 0 Å². The van der Waals surface area contributed by atoms with Crippen LogP contribution in [0.1, 0.15) is 27.0 Å². The predicted octanol–water partition coefficient (Wildman–Crippen LogP) is 3.69. The van der Waals surface area contributed by atoms with Gasteiger partial charge >= 0.3 is 0 Å². The number of aryl methyl sites for hydroxylation is 2. The fourth-order valence-electron chi connectivity index (χ4n) is 2.66. The van der Waals surface area contributed by atoms with Gasteiger partial charge in [-0.05, 0) is 43.2 Å². The highest BCUT2D eigenvalue weighted by molar-refractivity contribution is 7.89. The molecule has 0 unspecified atom stereocenters. The summed E-state index contributed by atoms with van der Waals surface area (Å²) in [5.41, 5.74) is 3.55. The summed E-state index contributed by atoms with van der Waals surface area (Å²) < 4.78 is 27.1. The van der Waals surface area contributed by atoms with Crippen LogP contribution in [0, 0.1) is 13.8 Å². The molecule has 2 aromatic carbocycles. The van der Waals surface area contributed by atoms with Crippen molar-refractivity contribution in [2.75, 3.05) is 13.6 Å². The number of halogens is 1. The van der Waals surface area contributed by atoms with Gasteiger partial charge in [-0.15, -0.1) is 6.58 Å². The molecule has 5 nitrogen and oxygen atoms in total. The van der Waals surface area contributed by atoms with Crippen LogP contribution in [0.3, 0.4) is 0 Å². The number of sulfonamides is 1. The number of hydrogen-bond acceptors (Lipinski definition) is 3. The van der Waals surface area contributed by atoms with Gasteiger partial charge in [0.05, 0.1) is 5.02 Å². The summed E-state index contributed by atoms with van der Waals surface area (Å²) >= 11 is 6.04.